The van der Waals surface area contributed by atoms with Crippen LogP contribution in [0.15, 0.2) is 24.3 Å². The molecule has 98 valence electrons. The van der Waals surface area contributed by atoms with Gasteiger partial charge in [-0.25, -0.2) is 0 Å². The molecular formula is C14H20N2O2. The van der Waals surface area contributed by atoms with E-state index in [0.717, 1.165) is 24.8 Å². The molecule has 4 nitrogen and oxygen atoms in total. The van der Waals surface area contributed by atoms with Gasteiger partial charge in [0.1, 0.15) is 0 Å². The van der Waals surface area contributed by atoms with Gasteiger partial charge in [0.2, 0.25) is 0 Å². The van der Waals surface area contributed by atoms with Crippen molar-refractivity contribution in [2.75, 3.05) is 13.1 Å². The standard InChI is InChI=1S/C14H20N2O2/c15-9-6-11-4-1-2-5-12(11)13(17)16-10-14(18)7-3-8-14/h1-2,4-5,18H,3,6-10,15H2,(H,16,17). The zero-order chi connectivity index (χ0) is 13.0. The van der Waals surface area contributed by atoms with Crippen molar-refractivity contribution in [3.63, 3.8) is 0 Å². The Bertz CT molecular complexity index is 428. The Morgan fingerprint density at radius 2 is 2.11 bits per heavy atom. The van der Waals surface area contributed by atoms with E-state index < -0.39 is 5.60 Å². The fourth-order valence-electron chi connectivity index (χ4n) is 2.22. The zero-order valence-corrected chi connectivity index (χ0v) is 10.5. The highest BCUT2D eigenvalue weighted by atomic mass is 16.3. The van der Waals surface area contributed by atoms with Crippen molar-refractivity contribution in [3.8, 4) is 0 Å². The fourth-order valence-corrected chi connectivity index (χ4v) is 2.22. The lowest BCUT2D eigenvalue weighted by atomic mass is 9.80. The zero-order valence-electron chi connectivity index (χ0n) is 10.5. The Balaban J connectivity index is 1.99. The molecule has 0 atom stereocenters. The maximum absolute atomic E-state index is 12.1. The minimum absolute atomic E-state index is 0.126. The van der Waals surface area contributed by atoms with Gasteiger partial charge in [0, 0.05) is 12.1 Å². The van der Waals surface area contributed by atoms with E-state index in [2.05, 4.69) is 5.32 Å². The van der Waals surface area contributed by atoms with Gasteiger partial charge in [-0.15, -0.1) is 0 Å². The molecule has 18 heavy (non-hydrogen) atoms. The number of hydrogen-bond donors (Lipinski definition) is 3. The Labute approximate surface area is 107 Å². The molecule has 0 radical (unpaired) electrons. The largest absolute Gasteiger partial charge is 0.388 e. The molecular weight excluding hydrogens is 228 g/mol. The van der Waals surface area contributed by atoms with E-state index in [1.54, 1.807) is 6.07 Å². The molecule has 1 aliphatic carbocycles. The third kappa shape index (κ3) is 2.89. The highest BCUT2D eigenvalue weighted by Crippen LogP contribution is 2.30. The Hall–Kier alpha value is -1.39. The average Bonchev–Trinajstić information content (AvgIpc) is 2.35. The first-order chi connectivity index (χ1) is 8.64. The van der Waals surface area contributed by atoms with Crippen molar-refractivity contribution in [1.82, 2.24) is 5.32 Å². The minimum Gasteiger partial charge on any atom is -0.388 e. The van der Waals surface area contributed by atoms with Crippen LogP contribution in [0.2, 0.25) is 0 Å². The second kappa shape index (κ2) is 5.50. The summed E-state index contributed by atoms with van der Waals surface area (Å²) in [4.78, 5) is 12.1. The summed E-state index contributed by atoms with van der Waals surface area (Å²) in [5.74, 6) is -0.126. The van der Waals surface area contributed by atoms with Gasteiger partial charge in [-0.1, -0.05) is 18.2 Å². The summed E-state index contributed by atoms with van der Waals surface area (Å²) < 4.78 is 0. The van der Waals surface area contributed by atoms with E-state index >= 15 is 0 Å². The van der Waals surface area contributed by atoms with Crippen molar-refractivity contribution in [1.29, 1.82) is 0 Å². The van der Waals surface area contributed by atoms with Crippen LogP contribution in [-0.2, 0) is 6.42 Å². The second-order valence-electron chi connectivity index (χ2n) is 4.96. The second-order valence-corrected chi connectivity index (χ2v) is 4.96. The van der Waals surface area contributed by atoms with Crippen LogP contribution in [-0.4, -0.2) is 29.7 Å². The number of nitrogens with two attached hydrogens (primary N) is 1. The van der Waals surface area contributed by atoms with Crippen molar-refractivity contribution in [3.05, 3.63) is 35.4 Å². The van der Waals surface area contributed by atoms with Crippen LogP contribution in [0.25, 0.3) is 0 Å². The topological polar surface area (TPSA) is 75.4 Å². The van der Waals surface area contributed by atoms with E-state index in [4.69, 9.17) is 5.73 Å². The normalized spacial score (nSPS) is 17.0. The van der Waals surface area contributed by atoms with Crippen molar-refractivity contribution in [2.45, 2.75) is 31.3 Å². The molecule has 1 saturated carbocycles. The number of benzene rings is 1. The molecule has 0 unspecified atom stereocenters. The summed E-state index contributed by atoms with van der Waals surface area (Å²) in [7, 11) is 0. The van der Waals surface area contributed by atoms with E-state index in [1.807, 2.05) is 18.2 Å². The third-order valence-electron chi connectivity index (χ3n) is 3.54. The molecule has 4 N–H and O–H groups in total. The summed E-state index contributed by atoms with van der Waals surface area (Å²) in [6.07, 6.45) is 3.28. The maximum Gasteiger partial charge on any atom is 0.251 e. The third-order valence-corrected chi connectivity index (χ3v) is 3.54. The van der Waals surface area contributed by atoms with Gasteiger partial charge >= 0.3 is 0 Å². The molecule has 0 aliphatic heterocycles. The summed E-state index contributed by atoms with van der Waals surface area (Å²) in [6, 6.07) is 7.46. The lowest BCUT2D eigenvalue weighted by molar-refractivity contribution is -0.0300. The number of carbonyl (C=O) groups excluding carboxylic acids is 1. The van der Waals surface area contributed by atoms with E-state index in [-0.39, 0.29) is 5.91 Å². The van der Waals surface area contributed by atoms with Crippen molar-refractivity contribution >= 4 is 5.91 Å². The first-order valence-corrected chi connectivity index (χ1v) is 6.43. The van der Waals surface area contributed by atoms with Crippen LogP contribution >= 0.6 is 0 Å². The molecule has 0 spiro atoms. The smallest absolute Gasteiger partial charge is 0.251 e. The lowest BCUT2D eigenvalue weighted by Gasteiger charge is -2.36. The van der Waals surface area contributed by atoms with Gasteiger partial charge in [0.25, 0.3) is 5.91 Å². The number of carbonyl (C=O) groups is 1. The molecule has 0 saturated heterocycles. The van der Waals surface area contributed by atoms with Gasteiger partial charge in [-0.3, -0.25) is 4.79 Å². The SMILES string of the molecule is NCCc1ccccc1C(=O)NCC1(O)CCC1. The van der Waals surface area contributed by atoms with Gasteiger partial charge in [-0.05, 0) is 43.9 Å². The van der Waals surface area contributed by atoms with Crippen LogP contribution in [0.1, 0.15) is 35.2 Å². The Kier molecular flexibility index (Phi) is 3.99. The molecule has 1 aromatic rings. The summed E-state index contributed by atoms with van der Waals surface area (Å²) in [5, 5.41) is 12.8. The average molecular weight is 248 g/mol. The maximum atomic E-state index is 12.1. The van der Waals surface area contributed by atoms with Crippen LogP contribution in [0.4, 0.5) is 0 Å². The highest BCUT2D eigenvalue weighted by molar-refractivity contribution is 5.95. The van der Waals surface area contributed by atoms with E-state index in [0.29, 0.717) is 25.1 Å². The molecule has 1 aliphatic rings. The number of rotatable bonds is 5. The highest BCUT2D eigenvalue weighted by Gasteiger charge is 2.34. The number of aliphatic hydroxyl groups is 1. The van der Waals surface area contributed by atoms with E-state index in [1.165, 1.54) is 0 Å². The number of amides is 1. The van der Waals surface area contributed by atoms with Crippen molar-refractivity contribution < 1.29 is 9.90 Å². The summed E-state index contributed by atoms with van der Waals surface area (Å²) in [6.45, 7) is 0.858. The van der Waals surface area contributed by atoms with Crippen LogP contribution in [0.5, 0.6) is 0 Å². The van der Waals surface area contributed by atoms with Gasteiger partial charge < -0.3 is 16.2 Å². The molecule has 0 bridgehead atoms. The quantitative estimate of drug-likeness (QED) is 0.722. The van der Waals surface area contributed by atoms with Crippen LogP contribution < -0.4 is 11.1 Å². The van der Waals surface area contributed by atoms with Crippen LogP contribution in [0.3, 0.4) is 0 Å². The Morgan fingerprint density at radius 3 is 2.72 bits per heavy atom. The predicted molar refractivity (Wildman–Crippen MR) is 70.3 cm³/mol. The first kappa shape index (κ1) is 13.1. The Morgan fingerprint density at radius 1 is 1.39 bits per heavy atom. The summed E-state index contributed by atoms with van der Waals surface area (Å²) in [5.41, 5.74) is 6.46. The first-order valence-electron chi connectivity index (χ1n) is 6.43. The monoisotopic (exact) mass is 248 g/mol. The minimum atomic E-state index is -0.682. The molecule has 1 amide bonds. The number of hydrogen-bond acceptors (Lipinski definition) is 3. The summed E-state index contributed by atoms with van der Waals surface area (Å²) >= 11 is 0. The molecule has 2 rings (SSSR count). The molecule has 1 aromatic carbocycles. The van der Waals surface area contributed by atoms with Gasteiger partial charge in [0.05, 0.1) is 5.60 Å². The molecule has 4 heteroatoms. The van der Waals surface area contributed by atoms with E-state index in [9.17, 15) is 9.90 Å². The molecule has 0 aromatic heterocycles. The van der Waals surface area contributed by atoms with Gasteiger partial charge in [0.15, 0.2) is 0 Å². The van der Waals surface area contributed by atoms with Gasteiger partial charge in [-0.2, -0.15) is 0 Å². The van der Waals surface area contributed by atoms with Crippen LogP contribution in [0, 0.1) is 0 Å². The molecule has 0 heterocycles. The fraction of sp³-hybridized carbons (Fsp3) is 0.500. The predicted octanol–water partition coefficient (Wildman–Crippen LogP) is 0.833. The van der Waals surface area contributed by atoms with Crippen molar-refractivity contribution in [2.24, 2.45) is 5.73 Å². The molecule has 1 fully saturated rings. The lowest BCUT2D eigenvalue weighted by Crippen LogP contribution is -2.47. The number of nitrogens with one attached hydrogen (secondary N) is 1.